The van der Waals surface area contributed by atoms with E-state index < -0.39 is 0 Å². The van der Waals surface area contributed by atoms with E-state index in [4.69, 9.17) is 5.84 Å². The van der Waals surface area contributed by atoms with E-state index in [9.17, 15) is 4.79 Å². The molecule has 1 atom stereocenters. The summed E-state index contributed by atoms with van der Waals surface area (Å²) in [6.45, 7) is 5.53. The zero-order valence-electron chi connectivity index (χ0n) is 10.8. The van der Waals surface area contributed by atoms with Crippen molar-refractivity contribution in [2.75, 3.05) is 46.3 Å². The van der Waals surface area contributed by atoms with Crippen LogP contribution in [-0.2, 0) is 4.79 Å². The highest BCUT2D eigenvalue weighted by atomic mass is 16.2. The van der Waals surface area contributed by atoms with E-state index in [2.05, 4.69) is 11.9 Å². The predicted molar refractivity (Wildman–Crippen MR) is 67.2 cm³/mol. The number of rotatable bonds is 3. The lowest BCUT2D eigenvalue weighted by Crippen LogP contribution is -2.51. The van der Waals surface area contributed by atoms with Crippen molar-refractivity contribution in [2.24, 2.45) is 11.8 Å². The van der Waals surface area contributed by atoms with E-state index >= 15 is 0 Å². The van der Waals surface area contributed by atoms with Gasteiger partial charge in [0.1, 0.15) is 0 Å². The Labute approximate surface area is 103 Å². The van der Waals surface area contributed by atoms with Gasteiger partial charge in [-0.2, -0.15) is 0 Å². The minimum atomic E-state index is 0.313. The number of hydrazine groups is 1. The van der Waals surface area contributed by atoms with Gasteiger partial charge in [-0.1, -0.05) is 0 Å². The maximum absolute atomic E-state index is 12.0. The van der Waals surface area contributed by atoms with Crippen molar-refractivity contribution < 1.29 is 4.79 Å². The smallest absolute Gasteiger partial charge is 0.222 e. The summed E-state index contributed by atoms with van der Waals surface area (Å²) >= 11 is 0. The van der Waals surface area contributed by atoms with Crippen LogP contribution in [-0.4, -0.2) is 67.0 Å². The molecule has 0 radical (unpaired) electrons. The van der Waals surface area contributed by atoms with Gasteiger partial charge in [-0.05, 0) is 32.4 Å². The summed E-state index contributed by atoms with van der Waals surface area (Å²) in [4.78, 5) is 16.3. The maximum Gasteiger partial charge on any atom is 0.222 e. The summed E-state index contributed by atoms with van der Waals surface area (Å²) in [6.07, 6.45) is 3.01. The molecular formula is C12H24N4O. The first-order chi connectivity index (χ1) is 8.15. The van der Waals surface area contributed by atoms with Gasteiger partial charge in [-0.25, -0.2) is 5.01 Å². The highest BCUT2D eigenvalue weighted by molar-refractivity contribution is 5.76. The fourth-order valence-corrected chi connectivity index (χ4v) is 2.72. The molecule has 0 aromatic carbocycles. The largest absolute Gasteiger partial charge is 0.340 e. The van der Waals surface area contributed by atoms with E-state index in [1.807, 2.05) is 4.90 Å². The minimum Gasteiger partial charge on any atom is -0.340 e. The minimum absolute atomic E-state index is 0.313. The standard InChI is InChI=1S/C12H24N4O/c1-14-5-4-11(10-14)2-3-12(17)15-6-8-16(13)9-7-15/h11H,2-10,13H2,1H3. The molecule has 2 saturated heterocycles. The number of carbonyl (C=O) groups excluding carboxylic acids is 1. The van der Waals surface area contributed by atoms with E-state index in [1.165, 1.54) is 13.0 Å². The van der Waals surface area contributed by atoms with Crippen LogP contribution in [0.15, 0.2) is 0 Å². The molecule has 2 aliphatic heterocycles. The second-order valence-corrected chi connectivity index (χ2v) is 5.37. The van der Waals surface area contributed by atoms with Gasteiger partial charge in [-0.15, -0.1) is 0 Å². The fourth-order valence-electron chi connectivity index (χ4n) is 2.72. The molecule has 0 aromatic rings. The second kappa shape index (κ2) is 5.80. The first-order valence-electron chi connectivity index (χ1n) is 6.61. The van der Waals surface area contributed by atoms with Crippen LogP contribution in [0, 0.1) is 5.92 Å². The number of piperazine rings is 1. The van der Waals surface area contributed by atoms with E-state index in [1.54, 1.807) is 5.01 Å². The molecule has 17 heavy (non-hydrogen) atoms. The summed E-state index contributed by atoms with van der Waals surface area (Å²) in [5, 5.41) is 1.79. The Hall–Kier alpha value is -0.650. The summed E-state index contributed by atoms with van der Waals surface area (Å²) in [6, 6.07) is 0. The molecule has 1 amide bonds. The Kier molecular flexibility index (Phi) is 4.36. The SMILES string of the molecule is CN1CCC(CCC(=O)N2CCN(N)CC2)C1. The molecule has 0 aromatic heterocycles. The Balaban J connectivity index is 1.67. The summed E-state index contributed by atoms with van der Waals surface area (Å²) in [7, 11) is 2.16. The highest BCUT2D eigenvalue weighted by Crippen LogP contribution is 2.20. The van der Waals surface area contributed by atoms with Crippen LogP contribution in [0.5, 0.6) is 0 Å². The van der Waals surface area contributed by atoms with Gasteiger partial charge in [0.25, 0.3) is 0 Å². The average molecular weight is 240 g/mol. The molecule has 98 valence electrons. The molecule has 2 heterocycles. The van der Waals surface area contributed by atoms with Crippen molar-refractivity contribution in [3.05, 3.63) is 0 Å². The number of hydrogen-bond acceptors (Lipinski definition) is 4. The zero-order chi connectivity index (χ0) is 12.3. The van der Waals surface area contributed by atoms with Crippen LogP contribution >= 0.6 is 0 Å². The van der Waals surface area contributed by atoms with Gasteiger partial charge < -0.3 is 9.80 Å². The molecule has 1 unspecified atom stereocenters. The molecule has 0 spiro atoms. The number of carbonyl (C=O) groups is 1. The third kappa shape index (κ3) is 3.66. The second-order valence-electron chi connectivity index (χ2n) is 5.37. The Morgan fingerprint density at radius 1 is 1.24 bits per heavy atom. The van der Waals surface area contributed by atoms with Gasteiger partial charge in [0.2, 0.25) is 5.91 Å². The van der Waals surface area contributed by atoms with Gasteiger partial charge >= 0.3 is 0 Å². The molecule has 5 heteroatoms. The predicted octanol–water partition coefficient (Wildman–Crippen LogP) is -0.264. The van der Waals surface area contributed by atoms with E-state index in [0.29, 0.717) is 12.3 Å². The van der Waals surface area contributed by atoms with Crippen LogP contribution in [0.1, 0.15) is 19.3 Å². The van der Waals surface area contributed by atoms with Gasteiger partial charge in [0.05, 0.1) is 0 Å². The summed E-state index contributed by atoms with van der Waals surface area (Å²) < 4.78 is 0. The lowest BCUT2D eigenvalue weighted by atomic mass is 10.0. The molecule has 2 rings (SSSR count). The highest BCUT2D eigenvalue weighted by Gasteiger charge is 2.23. The van der Waals surface area contributed by atoms with Crippen molar-refractivity contribution in [1.82, 2.24) is 14.8 Å². The molecule has 2 aliphatic rings. The normalized spacial score (nSPS) is 27.6. The zero-order valence-corrected chi connectivity index (χ0v) is 10.8. The number of likely N-dealkylation sites (tertiary alicyclic amines) is 1. The fraction of sp³-hybridized carbons (Fsp3) is 0.917. The third-order valence-electron chi connectivity index (χ3n) is 3.92. The molecule has 0 saturated carbocycles. The van der Waals surface area contributed by atoms with Gasteiger partial charge in [0.15, 0.2) is 0 Å². The number of nitrogens with two attached hydrogens (primary N) is 1. The number of hydrogen-bond donors (Lipinski definition) is 1. The molecule has 0 aliphatic carbocycles. The van der Waals surface area contributed by atoms with E-state index in [-0.39, 0.29) is 0 Å². The third-order valence-corrected chi connectivity index (χ3v) is 3.92. The van der Waals surface area contributed by atoms with Crippen molar-refractivity contribution in [3.63, 3.8) is 0 Å². The van der Waals surface area contributed by atoms with Crippen molar-refractivity contribution in [1.29, 1.82) is 0 Å². The van der Waals surface area contributed by atoms with Gasteiger partial charge in [0, 0.05) is 39.1 Å². The number of amides is 1. The topological polar surface area (TPSA) is 52.8 Å². The van der Waals surface area contributed by atoms with Crippen LogP contribution in [0.3, 0.4) is 0 Å². The summed E-state index contributed by atoms with van der Waals surface area (Å²) in [5.41, 5.74) is 0. The van der Waals surface area contributed by atoms with E-state index in [0.717, 1.165) is 45.1 Å². The van der Waals surface area contributed by atoms with Crippen LogP contribution in [0.25, 0.3) is 0 Å². The quantitative estimate of drug-likeness (QED) is 0.690. The lowest BCUT2D eigenvalue weighted by Gasteiger charge is -2.32. The van der Waals surface area contributed by atoms with Crippen molar-refractivity contribution in [3.8, 4) is 0 Å². The average Bonchev–Trinajstić information content (AvgIpc) is 2.73. The summed E-state index contributed by atoms with van der Waals surface area (Å²) in [5.74, 6) is 6.71. The Bertz CT molecular complexity index is 263. The Morgan fingerprint density at radius 2 is 1.94 bits per heavy atom. The molecule has 5 nitrogen and oxygen atoms in total. The van der Waals surface area contributed by atoms with Crippen LogP contribution in [0.2, 0.25) is 0 Å². The lowest BCUT2D eigenvalue weighted by molar-refractivity contribution is -0.133. The van der Waals surface area contributed by atoms with Crippen LogP contribution in [0.4, 0.5) is 0 Å². The van der Waals surface area contributed by atoms with Crippen molar-refractivity contribution in [2.45, 2.75) is 19.3 Å². The van der Waals surface area contributed by atoms with Crippen molar-refractivity contribution >= 4 is 5.91 Å². The first-order valence-corrected chi connectivity index (χ1v) is 6.61. The Morgan fingerprint density at radius 3 is 2.53 bits per heavy atom. The maximum atomic E-state index is 12.0. The molecule has 2 fully saturated rings. The molecule has 0 bridgehead atoms. The van der Waals surface area contributed by atoms with Crippen LogP contribution < -0.4 is 5.84 Å². The molecular weight excluding hydrogens is 216 g/mol. The number of nitrogens with zero attached hydrogens (tertiary/aromatic N) is 3. The van der Waals surface area contributed by atoms with Gasteiger partial charge in [-0.3, -0.25) is 10.6 Å². The molecule has 2 N–H and O–H groups in total. The first kappa shape index (κ1) is 12.8. The monoisotopic (exact) mass is 240 g/mol.